The van der Waals surface area contributed by atoms with Gasteiger partial charge in [-0.3, -0.25) is 4.40 Å². The predicted molar refractivity (Wildman–Crippen MR) is 112 cm³/mol. The molecule has 0 atom stereocenters. The number of aromatic nitrogens is 4. The Labute approximate surface area is 175 Å². The molecule has 4 heterocycles. The van der Waals surface area contributed by atoms with Gasteiger partial charge in [0.15, 0.2) is 0 Å². The molecule has 0 amide bonds. The molecule has 0 saturated carbocycles. The second-order valence-corrected chi connectivity index (χ2v) is 9.71. The van der Waals surface area contributed by atoms with Crippen LogP contribution in [0.3, 0.4) is 0 Å². The highest BCUT2D eigenvalue weighted by Crippen LogP contribution is 2.23. The van der Waals surface area contributed by atoms with Gasteiger partial charge in [-0.15, -0.1) is 4.98 Å². The van der Waals surface area contributed by atoms with Crippen LogP contribution in [0, 0.1) is 17.2 Å². The van der Waals surface area contributed by atoms with E-state index in [1.165, 1.54) is 0 Å². The molecular formula is C20H24N7O2S+. The van der Waals surface area contributed by atoms with Gasteiger partial charge in [-0.05, 0) is 37.8 Å². The van der Waals surface area contributed by atoms with Crippen LogP contribution in [0.15, 0.2) is 36.8 Å². The number of piperidine rings is 1. The Morgan fingerprint density at radius 3 is 2.73 bits per heavy atom. The first-order chi connectivity index (χ1) is 14.4. The third kappa shape index (κ3) is 3.74. The smallest absolute Gasteiger partial charge is 0.288 e. The number of hydrogen-bond acceptors (Lipinski definition) is 6. The minimum atomic E-state index is -3.15. The normalized spacial score (nSPS) is 16.0. The van der Waals surface area contributed by atoms with E-state index in [4.69, 9.17) is 5.73 Å². The number of nitriles is 1. The topological polar surface area (TPSA) is 121 Å². The zero-order valence-corrected chi connectivity index (χ0v) is 17.6. The van der Waals surface area contributed by atoms with Crippen LogP contribution < -0.4 is 10.3 Å². The largest absolute Gasteiger partial charge is 0.318 e. The second-order valence-electron chi connectivity index (χ2n) is 7.45. The highest BCUT2D eigenvalue weighted by Gasteiger charge is 2.29. The number of hydrogen-bond donors (Lipinski definition) is 1. The molecule has 4 rings (SSSR count). The van der Waals surface area contributed by atoms with Gasteiger partial charge in [-0.1, -0.05) is 0 Å². The number of pyridine rings is 1. The lowest BCUT2D eigenvalue weighted by Crippen LogP contribution is -2.47. The summed E-state index contributed by atoms with van der Waals surface area (Å²) in [6.45, 7) is 3.36. The lowest BCUT2D eigenvalue weighted by atomic mass is 9.98. The highest BCUT2D eigenvalue weighted by molar-refractivity contribution is 7.89. The number of anilines is 1. The van der Waals surface area contributed by atoms with Gasteiger partial charge in [0, 0.05) is 25.4 Å². The first-order valence-electron chi connectivity index (χ1n) is 9.92. The Bertz CT molecular complexity index is 1220. The molecule has 156 valence electrons. The number of rotatable bonds is 5. The fraction of sp³-hybridized carbons (Fsp3) is 0.400. The summed E-state index contributed by atoms with van der Waals surface area (Å²) in [4.78, 5) is 8.97. The summed E-state index contributed by atoms with van der Waals surface area (Å²) in [6.07, 6.45) is 6.66. The van der Waals surface area contributed by atoms with Gasteiger partial charge >= 0.3 is 0 Å². The van der Waals surface area contributed by atoms with Crippen LogP contribution in [0.1, 0.15) is 25.3 Å². The molecule has 10 heteroatoms. The van der Waals surface area contributed by atoms with Gasteiger partial charge in [0.05, 0.1) is 24.1 Å². The van der Waals surface area contributed by atoms with E-state index in [0.717, 1.165) is 24.2 Å². The first-order valence-corrected chi connectivity index (χ1v) is 11.5. The number of imidazole rings is 1. The zero-order valence-electron chi connectivity index (χ0n) is 16.8. The number of sulfonamides is 1. The summed E-state index contributed by atoms with van der Waals surface area (Å²) < 4.78 is 29.6. The fourth-order valence-corrected chi connectivity index (χ4v) is 5.02. The van der Waals surface area contributed by atoms with Crippen molar-refractivity contribution >= 4 is 21.5 Å². The van der Waals surface area contributed by atoms with Crippen molar-refractivity contribution in [3.05, 3.63) is 42.4 Å². The third-order valence-electron chi connectivity index (χ3n) is 5.65. The molecule has 1 fully saturated rings. The monoisotopic (exact) mass is 426 g/mol. The zero-order chi connectivity index (χ0) is 21.3. The maximum Gasteiger partial charge on any atom is 0.288 e. The second kappa shape index (κ2) is 8.01. The standard InChI is InChI=1S/C20H23N7O2S/c1-2-30(28,29)25-9-6-15(7-10-25)13-27-18(22)5-8-23-20(27)17-12-24-19-4-3-16(11-21)14-26(17)19/h3-5,8,12,14-15,22H,2,6-7,9-10,13H2,1H3/p+1. The minimum absolute atomic E-state index is 0.130. The Morgan fingerprint density at radius 1 is 1.27 bits per heavy atom. The molecule has 1 saturated heterocycles. The number of nitrogens with two attached hydrogens (primary N) is 1. The molecule has 0 bridgehead atoms. The minimum Gasteiger partial charge on any atom is -0.318 e. The van der Waals surface area contributed by atoms with Gasteiger partial charge in [-0.2, -0.15) is 5.26 Å². The maximum atomic E-state index is 12.1. The molecule has 0 spiro atoms. The summed E-state index contributed by atoms with van der Waals surface area (Å²) in [6, 6.07) is 7.42. The van der Waals surface area contributed by atoms with Crippen molar-refractivity contribution in [2.75, 3.05) is 24.6 Å². The van der Waals surface area contributed by atoms with Crippen molar-refractivity contribution in [3.63, 3.8) is 0 Å². The van der Waals surface area contributed by atoms with E-state index in [-0.39, 0.29) is 11.7 Å². The Kier molecular flexibility index (Phi) is 5.40. The van der Waals surface area contributed by atoms with Crippen molar-refractivity contribution in [1.82, 2.24) is 18.7 Å². The number of fused-ring (bicyclic) bond motifs is 1. The van der Waals surface area contributed by atoms with Crippen LogP contribution in [-0.2, 0) is 16.6 Å². The van der Waals surface area contributed by atoms with Gasteiger partial charge in [-0.25, -0.2) is 22.3 Å². The van der Waals surface area contributed by atoms with Crippen molar-refractivity contribution in [3.8, 4) is 17.6 Å². The van der Waals surface area contributed by atoms with Crippen molar-refractivity contribution in [2.24, 2.45) is 5.92 Å². The lowest BCUT2D eigenvalue weighted by Gasteiger charge is -2.30. The molecule has 0 unspecified atom stereocenters. The summed E-state index contributed by atoms with van der Waals surface area (Å²) in [5.41, 5.74) is 8.30. The molecule has 1 aliphatic rings. The lowest BCUT2D eigenvalue weighted by molar-refractivity contribution is -0.681. The van der Waals surface area contributed by atoms with Crippen LogP contribution in [0.2, 0.25) is 0 Å². The van der Waals surface area contributed by atoms with Crippen LogP contribution in [-0.4, -0.2) is 45.9 Å². The third-order valence-corrected chi connectivity index (χ3v) is 7.53. The van der Waals surface area contributed by atoms with E-state index in [2.05, 4.69) is 16.0 Å². The summed E-state index contributed by atoms with van der Waals surface area (Å²) in [7, 11) is -3.15. The van der Waals surface area contributed by atoms with E-state index in [1.807, 2.05) is 8.97 Å². The quantitative estimate of drug-likeness (QED) is 0.612. The predicted octanol–water partition coefficient (Wildman–Crippen LogP) is 1.20. The summed E-state index contributed by atoms with van der Waals surface area (Å²) >= 11 is 0. The van der Waals surface area contributed by atoms with E-state index < -0.39 is 10.0 Å². The molecule has 0 aromatic carbocycles. The van der Waals surface area contributed by atoms with Crippen molar-refractivity contribution < 1.29 is 13.0 Å². The molecule has 3 aromatic rings. The maximum absolute atomic E-state index is 12.1. The summed E-state index contributed by atoms with van der Waals surface area (Å²) in [5.74, 6) is 1.67. The van der Waals surface area contributed by atoms with E-state index >= 15 is 0 Å². The molecule has 1 aliphatic heterocycles. The highest BCUT2D eigenvalue weighted by atomic mass is 32.2. The molecule has 2 N–H and O–H groups in total. The first kappa shape index (κ1) is 20.3. The Morgan fingerprint density at radius 2 is 2.03 bits per heavy atom. The van der Waals surface area contributed by atoms with Gasteiger partial charge in [0.1, 0.15) is 23.6 Å². The molecule has 0 aliphatic carbocycles. The van der Waals surface area contributed by atoms with Crippen molar-refractivity contribution in [1.29, 1.82) is 5.26 Å². The van der Waals surface area contributed by atoms with Crippen molar-refractivity contribution in [2.45, 2.75) is 26.3 Å². The average molecular weight is 427 g/mol. The number of nitrogen functional groups attached to an aromatic ring is 1. The van der Waals surface area contributed by atoms with E-state index in [0.29, 0.717) is 36.8 Å². The van der Waals surface area contributed by atoms with Gasteiger partial charge in [0.25, 0.3) is 5.82 Å². The summed E-state index contributed by atoms with van der Waals surface area (Å²) in [5, 5.41) is 9.24. The average Bonchev–Trinajstić information content (AvgIpc) is 3.18. The van der Waals surface area contributed by atoms with E-state index in [9.17, 15) is 13.7 Å². The Hall–Kier alpha value is -3.03. The van der Waals surface area contributed by atoms with Gasteiger partial charge in [0.2, 0.25) is 15.8 Å². The molecule has 30 heavy (non-hydrogen) atoms. The van der Waals surface area contributed by atoms with Gasteiger partial charge < -0.3 is 5.73 Å². The Balaban J connectivity index is 1.64. The van der Waals surface area contributed by atoms with E-state index in [1.54, 1.807) is 48.0 Å². The SMILES string of the molecule is CCS(=O)(=O)N1CCC(C[n+]2c(N)ccnc2-c2cnc3ccc(C#N)cn23)CC1. The fourth-order valence-electron chi connectivity index (χ4n) is 3.89. The van der Waals surface area contributed by atoms with Crippen LogP contribution in [0.5, 0.6) is 0 Å². The van der Waals surface area contributed by atoms with Crippen LogP contribution in [0.25, 0.3) is 17.2 Å². The van der Waals surface area contributed by atoms with Crippen LogP contribution in [0.4, 0.5) is 5.82 Å². The number of nitrogens with zero attached hydrogens (tertiary/aromatic N) is 6. The molecular weight excluding hydrogens is 402 g/mol. The molecule has 0 radical (unpaired) electrons. The van der Waals surface area contributed by atoms with Crippen LogP contribution >= 0.6 is 0 Å². The molecule has 9 nitrogen and oxygen atoms in total. The molecule has 3 aromatic heterocycles.